The molecule has 1 aliphatic heterocycles. The average molecular weight is 361 g/mol. The highest BCUT2D eigenvalue weighted by Crippen LogP contribution is 2.44. The second-order valence-corrected chi connectivity index (χ2v) is 6.40. The van der Waals surface area contributed by atoms with Gasteiger partial charge in [0.25, 0.3) is 0 Å². The molecule has 2 fully saturated rings. The molecule has 2 atom stereocenters. The predicted molar refractivity (Wildman–Crippen MR) is 89.4 cm³/mol. The molecule has 1 amide bonds. The van der Waals surface area contributed by atoms with Crippen molar-refractivity contribution in [2.45, 2.75) is 38.8 Å². The lowest BCUT2D eigenvalue weighted by atomic mass is 9.67. The maximum Gasteiger partial charge on any atom is 0.387 e. The average Bonchev–Trinajstić information content (AvgIpc) is 2.98. The Hall–Kier alpha value is -1.40. The molecule has 7 heteroatoms. The molecule has 3 rings (SSSR count). The fourth-order valence-corrected chi connectivity index (χ4v) is 3.90. The minimum absolute atomic E-state index is 0. The van der Waals surface area contributed by atoms with Crippen LogP contribution < -0.4 is 15.4 Å². The molecule has 1 aromatic rings. The van der Waals surface area contributed by atoms with Crippen molar-refractivity contribution in [3.05, 3.63) is 29.8 Å². The second-order valence-electron chi connectivity index (χ2n) is 6.40. The fraction of sp³-hybridized carbons (Fsp3) is 0.588. The van der Waals surface area contributed by atoms with Crippen LogP contribution in [0.2, 0.25) is 0 Å². The highest BCUT2D eigenvalue weighted by atomic mass is 35.5. The van der Waals surface area contributed by atoms with Crippen LogP contribution in [-0.4, -0.2) is 25.6 Å². The van der Waals surface area contributed by atoms with Crippen molar-refractivity contribution in [3.63, 3.8) is 0 Å². The van der Waals surface area contributed by atoms with E-state index < -0.39 is 6.61 Å². The molecule has 0 bridgehead atoms. The molecular weight excluding hydrogens is 338 g/mol. The van der Waals surface area contributed by atoms with E-state index in [4.69, 9.17) is 0 Å². The molecule has 134 valence electrons. The zero-order chi connectivity index (χ0) is 16.3. The number of ether oxygens (including phenoxy) is 1. The number of hydrogen-bond acceptors (Lipinski definition) is 3. The van der Waals surface area contributed by atoms with Crippen molar-refractivity contribution < 1.29 is 18.3 Å². The third-order valence-corrected chi connectivity index (χ3v) is 5.12. The van der Waals surface area contributed by atoms with E-state index >= 15 is 0 Å². The number of nitrogens with one attached hydrogen (secondary N) is 2. The van der Waals surface area contributed by atoms with Gasteiger partial charge in [0.15, 0.2) is 0 Å². The van der Waals surface area contributed by atoms with Crippen molar-refractivity contribution >= 4 is 18.3 Å². The van der Waals surface area contributed by atoms with Crippen LogP contribution in [0.4, 0.5) is 8.78 Å². The van der Waals surface area contributed by atoms with Gasteiger partial charge < -0.3 is 15.4 Å². The van der Waals surface area contributed by atoms with Crippen molar-refractivity contribution in [2.75, 3.05) is 13.1 Å². The normalized spacial score (nSPS) is 25.7. The van der Waals surface area contributed by atoms with E-state index in [1.165, 1.54) is 12.5 Å². The molecule has 2 N–H and O–H groups in total. The molecule has 1 aliphatic carbocycles. The molecule has 0 radical (unpaired) electrons. The SMILES string of the molecule is Cl.O=C(NCc1ccccc1OC(F)F)[C@@]12CCCC[C@H]1CNC2. The Balaban J connectivity index is 0.00000208. The van der Waals surface area contributed by atoms with Gasteiger partial charge in [-0.3, -0.25) is 4.79 Å². The Morgan fingerprint density at radius 3 is 2.96 bits per heavy atom. The number of fused-ring (bicyclic) bond motifs is 1. The van der Waals surface area contributed by atoms with Gasteiger partial charge in [-0.25, -0.2) is 0 Å². The summed E-state index contributed by atoms with van der Waals surface area (Å²) in [6, 6.07) is 6.58. The van der Waals surface area contributed by atoms with Crippen LogP contribution in [0, 0.1) is 11.3 Å². The standard InChI is InChI=1S/C17H22F2N2O2.ClH/c18-16(19)23-14-7-2-1-5-12(14)9-21-15(22)17-8-4-3-6-13(17)10-20-11-17;/h1-2,5,7,13,16,20H,3-4,6,8-11H2,(H,21,22);1H/t13-,17+;/m0./s1. The van der Waals surface area contributed by atoms with E-state index in [0.717, 1.165) is 25.8 Å². The Morgan fingerprint density at radius 1 is 1.38 bits per heavy atom. The molecule has 0 unspecified atom stereocenters. The zero-order valence-electron chi connectivity index (χ0n) is 13.4. The molecule has 1 saturated carbocycles. The van der Waals surface area contributed by atoms with Crippen molar-refractivity contribution in [1.29, 1.82) is 0 Å². The number of halogens is 3. The van der Waals surface area contributed by atoms with Crippen molar-refractivity contribution in [2.24, 2.45) is 11.3 Å². The zero-order valence-corrected chi connectivity index (χ0v) is 14.2. The van der Waals surface area contributed by atoms with Gasteiger partial charge >= 0.3 is 6.61 Å². The summed E-state index contributed by atoms with van der Waals surface area (Å²) in [5.41, 5.74) is 0.229. The van der Waals surface area contributed by atoms with Crippen molar-refractivity contribution in [1.82, 2.24) is 10.6 Å². The molecular formula is C17H23ClF2N2O2. The Labute approximate surface area is 146 Å². The summed E-state index contributed by atoms with van der Waals surface area (Å²) in [6.45, 7) is -1.07. The van der Waals surface area contributed by atoms with Crippen molar-refractivity contribution in [3.8, 4) is 5.75 Å². The van der Waals surface area contributed by atoms with Gasteiger partial charge in [0.05, 0.1) is 5.41 Å². The van der Waals surface area contributed by atoms with E-state index in [2.05, 4.69) is 15.4 Å². The monoisotopic (exact) mass is 360 g/mol. The van der Waals surface area contributed by atoms with Crippen LogP contribution in [0.15, 0.2) is 24.3 Å². The third-order valence-electron chi connectivity index (χ3n) is 5.12. The molecule has 1 heterocycles. The van der Waals surface area contributed by atoms with Gasteiger partial charge in [0.2, 0.25) is 5.91 Å². The summed E-state index contributed by atoms with van der Waals surface area (Å²) >= 11 is 0. The molecule has 2 aliphatic rings. The first kappa shape index (κ1) is 18.9. The van der Waals surface area contributed by atoms with Gasteiger partial charge in [0.1, 0.15) is 5.75 Å². The lowest BCUT2D eigenvalue weighted by Gasteiger charge is -2.37. The minimum Gasteiger partial charge on any atom is -0.434 e. The lowest BCUT2D eigenvalue weighted by molar-refractivity contribution is -0.134. The molecule has 1 aromatic carbocycles. The van der Waals surface area contributed by atoms with Crippen LogP contribution in [0.1, 0.15) is 31.2 Å². The molecule has 0 aromatic heterocycles. The summed E-state index contributed by atoms with van der Waals surface area (Å²) in [5.74, 6) is 0.521. The number of rotatable bonds is 5. The first-order chi connectivity index (χ1) is 11.1. The van der Waals surface area contributed by atoms with Crippen LogP contribution in [0.25, 0.3) is 0 Å². The molecule has 1 saturated heterocycles. The van der Waals surface area contributed by atoms with Crippen LogP contribution in [0.5, 0.6) is 5.75 Å². The Bertz CT molecular complexity index is 573. The maximum absolute atomic E-state index is 12.8. The summed E-state index contributed by atoms with van der Waals surface area (Å²) in [7, 11) is 0. The highest BCUT2D eigenvalue weighted by Gasteiger charge is 2.49. The maximum atomic E-state index is 12.8. The molecule has 0 spiro atoms. The van der Waals surface area contributed by atoms with Gasteiger partial charge in [-0.05, 0) is 31.4 Å². The van der Waals surface area contributed by atoms with Gasteiger partial charge in [-0.15, -0.1) is 12.4 Å². The largest absolute Gasteiger partial charge is 0.434 e. The first-order valence-corrected chi connectivity index (χ1v) is 8.13. The second kappa shape index (κ2) is 8.12. The summed E-state index contributed by atoms with van der Waals surface area (Å²) in [5, 5.41) is 6.28. The van der Waals surface area contributed by atoms with Crippen LogP contribution in [0.3, 0.4) is 0 Å². The van der Waals surface area contributed by atoms with E-state index in [9.17, 15) is 13.6 Å². The Morgan fingerprint density at radius 2 is 2.17 bits per heavy atom. The number of carbonyl (C=O) groups excluding carboxylic acids is 1. The number of alkyl halides is 2. The van der Waals surface area contributed by atoms with Gasteiger partial charge in [0, 0.05) is 18.7 Å². The topological polar surface area (TPSA) is 50.4 Å². The van der Waals surface area contributed by atoms with Gasteiger partial charge in [-0.2, -0.15) is 8.78 Å². The summed E-state index contributed by atoms with van der Waals surface area (Å²) in [4.78, 5) is 12.8. The number of hydrogen-bond donors (Lipinski definition) is 2. The summed E-state index contributed by atoms with van der Waals surface area (Å²) in [6.07, 6.45) is 4.21. The number of benzene rings is 1. The number of para-hydroxylation sites is 1. The van der Waals surface area contributed by atoms with E-state index in [1.54, 1.807) is 18.2 Å². The van der Waals surface area contributed by atoms with Crippen LogP contribution in [-0.2, 0) is 11.3 Å². The Kier molecular flexibility index (Phi) is 6.40. The number of amides is 1. The summed E-state index contributed by atoms with van der Waals surface area (Å²) < 4.78 is 29.4. The molecule has 24 heavy (non-hydrogen) atoms. The quantitative estimate of drug-likeness (QED) is 0.848. The fourth-order valence-electron chi connectivity index (χ4n) is 3.90. The number of carbonyl (C=O) groups is 1. The van der Waals surface area contributed by atoms with Crippen LogP contribution >= 0.6 is 12.4 Å². The lowest BCUT2D eigenvalue weighted by Crippen LogP contribution is -2.47. The smallest absolute Gasteiger partial charge is 0.387 e. The minimum atomic E-state index is -2.87. The van der Waals surface area contributed by atoms with Gasteiger partial charge in [-0.1, -0.05) is 31.0 Å². The van der Waals surface area contributed by atoms with E-state index in [0.29, 0.717) is 18.0 Å². The highest BCUT2D eigenvalue weighted by molar-refractivity contribution is 5.85. The first-order valence-electron chi connectivity index (χ1n) is 8.13. The third kappa shape index (κ3) is 3.81. The molecule has 4 nitrogen and oxygen atoms in total. The van der Waals surface area contributed by atoms with E-state index in [1.807, 2.05) is 0 Å². The predicted octanol–water partition coefficient (Wildman–Crippen LogP) is 3.11. The van der Waals surface area contributed by atoms with E-state index in [-0.39, 0.29) is 36.0 Å².